The summed E-state index contributed by atoms with van der Waals surface area (Å²) in [6.07, 6.45) is 12.7. The van der Waals surface area contributed by atoms with Crippen molar-refractivity contribution < 1.29 is 0 Å². The van der Waals surface area contributed by atoms with Crippen molar-refractivity contribution in [3.05, 3.63) is 163 Å². The standard InChI is InChI=1S/C42H31N3/c1-42(31-15-6-3-7-16-31)36-24-25-38-39(40(36)44-41(42)29-12-4-2-5-13-29)34-18-10-11-19-37(34)45(38)32-22-20-28(21-23-32)35-27-43-26-30-14-8-9-17-33(30)35/h2-4,6-12,14-27H,5,13H2,1H3. The van der Waals surface area contributed by atoms with E-state index >= 15 is 0 Å². The molecule has 3 nitrogen and oxygen atoms in total. The number of pyridine rings is 1. The summed E-state index contributed by atoms with van der Waals surface area (Å²) in [6.45, 7) is 2.36. The Bertz CT molecular complexity index is 2370. The van der Waals surface area contributed by atoms with Crippen molar-refractivity contribution in [2.75, 3.05) is 0 Å². The highest BCUT2D eigenvalue weighted by atomic mass is 15.0. The van der Waals surface area contributed by atoms with Gasteiger partial charge in [0.25, 0.3) is 0 Å². The van der Waals surface area contributed by atoms with E-state index in [0.29, 0.717) is 0 Å². The van der Waals surface area contributed by atoms with Crippen LogP contribution in [0.5, 0.6) is 0 Å². The Morgan fingerprint density at radius 1 is 0.711 bits per heavy atom. The first kappa shape index (κ1) is 25.9. The molecule has 1 aliphatic carbocycles. The van der Waals surface area contributed by atoms with E-state index in [1.54, 1.807) is 0 Å². The maximum Gasteiger partial charge on any atom is 0.0778 e. The molecule has 1 aliphatic heterocycles. The molecule has 0 saturated heterocycles. The number of hydrogen-bond donors (Lipinski definition) is 0. The fourth-order valence-electron chi connectivity index (χ4n) is 7.58. The van der Waals surface area contributed by atoms with Gasteiger partial charge in [-0.1, -0.05) is 109 Å². The molecule has 0 amide bonds. The van der Waals surface area contributed by atoms with Crippen LogP contribution in [-0.4, -0.2) is 15.3 Å². The van der Waals surface area contributed by atoms with E-state index in [9.17, 15) is 0 Å². The largest absolute Gasteiger partial charge is 0.309 e. The van der Waals surface area contributed by atoms with Crippen LogP contribution in [0.15, 0.2) is 156 Å². The smallest absolute Gasteiger partial charge is 0.0778 e. The number of nitrogens with zero attached hydrogens (tertiary/aromatic N) is 3. The fourth-order valence-corrected chi connectivity index (χ4v) is 7.58. The van der Waals surface area contributed by atoms with Crippen LogP contribution >= 0.6 is 0 Å². The summed E-state index contributed by atoms with van der Waals surface area (Å²) in [5.74, 6) is 0. The second-order valence-electron chi connectivity index (χ2n) is 12.3. The maximum absolute atomic E-state index is 5.57. The lowest BCUT2D eigenvalue weighted by atomic mass is 9.70. The Morgan fingerprint density at radius 2 is 1.49 bits per heavy atom. The zero-order valence-corrected chi connectivity index (χ0v) is 25.1. The minimum Gasteiger partial charge on any atom is -0.309 e. The Kier molecular flexibility index (Phi) is 5.76. The topological polar surface area (TPSA) is 30.2 Å². The third kappa shape index (κ3) is 3.84. The maximum atomic E-state index is 5.57. The molecule has 1 unspecified atom stereocenters. The molecular weight excluding hydrogens is 546 g/mol. The van der Waals surface area contributed by atoms with Gasteiger partial charge < -0.3 is 4.57 Å². The van der Waals surface area contributed by atoms with Gasteiger partial charge in [0.15, 0.2) is 0 Å². The number of aliphatic imine (C=N–C) groups is 1. The van der Waals surface area contributed by atoms with E-state index in [1.165, 1.54) is 49.6 Å². The summed E-state index contributed by atoms with van der Waals surface area (Å²) >= 11 is 0. The Balaban J connectivity index is 1.26. The lowest BCUT2D eigenvalue weighted by Gasteiger charge is -2.30. The van der Waals surface area contributed by atoms with Crippen LogP contribution in [0.2, 0.25) is 0 Å². The van der Waals surface area contributed by atoms with Crippen molar-refractivity contribution in [3.8, 4) is 16.8 Å². The number of hydrogen-bond acceptors (Lipinski definition) is 2. The summed E-state index contributed by atoms with van der Waals surface area (Å²) in [6, 6.07) is 41.7. The van der Waals surface area contributed by atoms with Crippen LogP contribution in [0.3, 0.4) is 0 Å². The minimum absolute atomic E-state index is 0.334. The highest BCUT2D eigenvalue weighted by Crippen LogP contribution is 2.52. The molecule has 0 radical (unpaired) electrons. The second-order valence-corrected chi connectivity index (χ2v) is 12.3. The van der Waals surface area contributed by atoms with Crippen molar-refractivity contribution in [1.29, 1.82) is 0 Å². The average Bonchev–Trinajstić information content (AvgIpc) is 3.61. The number of para-hydroxylation sites is 1. The third-order valence-corrected chi connectivity index (χ3v) is 9.82. The quantitative estimate of drug-likeness (QED) is 0.205. The molecule has 1 atom stereocenters. The molecule has 0 bridgehead atoms. The summed E-state index contributed by atoms with van der Waals surface area (Å²) < 4.78 is 2.39. The van der Waals surface area contributed by atoms with Gasteiger partial charge in [0.1, 0.15) is 0 Å². The highest BCUT2D eigenvalue weighted by Gasteiger charge is 2.43. The molecule has 5 aromatic carbocycles. The van der Waals surface area contributed by atoms with E-state index in [1.807, 2.05) is 12.4 Å². The molecule has 0 saturated carbocycles. The van der Waals surface area contributed by atoms with Crippen LogP contribution < -0.4 is 0 Å². The molecular formula is C42H31N3. The molecule has 3 heterocycles. The molecule has 7 aromatic rings. The number of fused-ring (bicyclic) bond motifs is 6. The molecule has 2 aromatic heterocycles. The molecule has 45 heavy (non-hydrogen) atoms. The van der Waals surface area contributed by atoms with Crippen LogP contribution in [0, 0.1) is 0 Å². The van der Waals surface area contributed by atoms with Crippen molar-refractivity contribution in [2.24, 2.45) is 4.99 Å². The first-order valence-electron chi connectivity index (χ1n) is 15.7. The highest BCUT2D eigenvalue weighted by molar-refractivity contribution is 6.22. The fraction of sp³-hybridized carbons (Fsp3) is 0.0952. The van der Waals surface area contributed by atoms with Gasteiger partial charge in [0, 0.05) is 39.8 Å². The van der Waals surface area contributed by atoms with Crippen molar-refractivity contribution in [3.63, 3.8) is 0 Å². The Labute approximate surface area is 262 Å². The van der Waals surface area contributed by atoms with Crippen LogP contribution in [-0.2, 0) is 5.41 Å². The van der Waals surface area contributed by atoms with Crippen molar-refractivity contribution in [2.45, 2.75) is 25.2 Å². The summed E-state index contributed by atoms with van der Waals surface area (Å²) in [5, 5.41) is 4.81. The van der Waals surface area contributed by atoms with E-state index in [4.69, 9.17) is 4.99 Å². The van der Waals surface area contributed by atoms with Crippen LogP contribution in [0.4, 0.5) is 5.69 Å². The van der Waals surface area contributed by atoms with Crippen molar-refractivity contribution in [1.82, 2.24) is 9.55 Å². The SMILES string of the molecule is CC1(c2ccccc2)C(C2=CC=CCC2)=Nc2c1ccc1c2c2ccccc2n1-c1ccc(-c2cncc3ccccc23)cc1. The van der Waals surface area contributed by atoms with Gasteiger partial charge in [0.05, 0.1) is 27.8 Å². The van der Waals surface area contributed by atoms with Gasteiger partial charge in [-0.25, -0.2) is 0 Å². The van der Waals surface area contributed by atoms with Gasteiger partial charge in [0.2, 0.25) is 0 Å². The van der Waals surface area contributed by atoms with E-state index in [0.717, 1.165) is 40.7 Å². The van der Waals surface area contributed by atoms with Crippen LogP contribution in [0.1, 0.15) is 30.9 Å². The number of allylic oxidation sites excluding steroid dienone is 4. The molecule has 0 fully saturated rings. The minimum atomic E-state index is -0.334. The first-order valence-corrected chi connectivity index (χ1v) is 15.7. The number of benzene rings is 5. The van der Waals surface area contributed by atoms with Crippen molar-refractivity contribution >= 4 is 44.0 Å². The second kappa shape index (κ2) is 10.0. The lowest BCUT2D eigenvalue weighted by Crippen LogP contribution is -2.32. The Hall–Kier alpha value is -5.54. The van der Waals surface area contributed by atoms with Gasteiger partial charge in [-0.15, -0.1) is 0 Å². The van der Waals surface area contributed by atoms with Gasteiger partial charge in [-0.05, 0) is 71.7 Å². The van der Waals surface area contributed by atoms with Gasteiger partial charge in [-0.2, -0.15) is 0 Å². The van der Waals surface area contributed by atoms with Crippen LogP contribution in [0.25, 0.3) is 49.4 Å². The molecule has 0 spiro atoms. The summed E-state index contributed by atoms with van der Waals surface area (Å²) in [4.78, 5) is 10.1. The van der Waals surface area contributed by atoms with E-state index < -0.39 is 0 Å². The zero-order valence-electron chi connectivity index (χ0n) is 25.1. The zero-order chi connectivity index (χ0) is 30.0. The predicted molar refractivity (Wildman–Crippen MR) is 188 cm³/mol. The monoisotopic (exact) mass is 577 g/mol. The third-order valence-electron chi connectivity index (χ3n) is 9.82. The average molecular weight is 578 g/mol. The molecule has 0 N–H and O–H groups in total. The van der Waals surface area contributed by atoms with E-state index in [-0.39, 0.29) is 5.41 Å². The summed E-state index contributed by atoms with van der Waals surface area (Å²) in [7, 11) is 0. The predicted octanol–water partition coefficient (Wildman–Crippen LogP) is 10.7. The lowest BCUT2D eigenvalue weighted by molar-refractivity contribution is 0.785. The van der Waals surface area contributed by atoms with E-state index in [2.05, 4.69) is 150 Å². The number of aromatic nitrogens is 2. The van der Waals surface area contributed by atoms with Gasteiger partial charge in [-0.3, -0.25) is 9.98 Å². The molecule has 214 valence electrons. The number of rotatable bonds is 4. The Morgan fingerprint density at radius 3 is 2.31 bits per heavy atom. The molecule has 2 aliphatic rings. The molecule has 3 heteroatoms. The normalized spacial score (nSPS) is 17.5. The molecule has 9 rings (SSSR count). The van der Waals surface area contributed by atoms with Gasteiger partial charge >= 0.3 is 0 Å². The summed E-state index contributed by atoms with van der Waals surface area (Å²) in [5.41, 5.74) is 11.6. The first-order chi connectivity index (χ1) is 22.2.